The summed E-state index contributed by atoms with van der Waals surface area (Å²) in [6, 6.07) is 1.80. The first kappa shape index (κ1) is 19.2. The van der Waals surface area contributed by atoms with E-state index in [4.69, 9.17) is 5.26 Å². The van der Waals surface area contributed by atoms with Crippen molar-refractivity contribution in [3.05, 3.63) is 10.6 Å². The Bertz CT molecular complexity index is 651. The number of carbonyl (C=O) groups excluding carboxylic acids is 1. The number of aliphatic hydroxyl groups is 1. The van der Waals surface area contributed by atoms with Crippen LogP contribution < -0.4 is 0 Å². The normalized spacial score (nSPS) is 29.5. The average molecular weight is 379 g/mol. The molecule has 0 bridgehead atoms. The van der Waals surface area contributed by atoms with Gasteiger partial charge in [-0.05, 0) is 45.8 Å². The Kier molecular flexibility index (Phi) is 5.90. The zero-order valence-electron chi connectivity index (χ0n) is 14.9. The fraction of sp³-hybridized carbons (Fsp3) is 0.722. The molecule has 0 aromatic carbocycles. The molecule has 4 atom stereocenters. The topological polar surface area (TPSA) is 105 Å². The quantitative estimate of drug-likeness (QED) is 0.483. The van der Waals surface area contributed by atoms with Gasteiger partial charge in [-0.25, -0.2) is 4.79 Å². The van der Waals surface area contributed by atoms with Crippen LogP contribution in [0.3, 0.4) is 0 Å². The van der Waals surface area contributed by atoms with Crippen molar-refractivity contribution in [2.24, 2.45) is 11.8 Å². The number of aliphatic hydroxyl groups excluding tert-OH is 1. The van der Waals surface area contributed by atoms with Crippen LogP contribution in [0.25, 0.3) is 0 Å². The van der Waals surface area contributed by atoms with Gasteiger partial charge in [-0.2, -0.15) is 5.26 Å². The minimum Gasteiger partial charge on any atom is -0.477 e. The van der Waals surface area contributed by atoms with E-state index in [0.717, 1.165) is 26.1 Å². The molecular weight excluding hydrogens is 354 g/mol. The third-order valence-corrected chi connectivity index (χ3v) is 6.78. The molecule has 8 heteroatoms. The molecule has 0 radical (unpaired) electrons. The van der Waals surface area contributed by atoms with Crippen molar-refractivity contribution in [1.29, 1.82) is 5.26 Å². The summed E-state index contributed by atoms with van der Waals surface area (Å²) in [5.41, 5.74) is 0.0614. The van der Waals surface area contributed by atoms with Gasteiger partial charge in [0.2, 0.25) is 5.91 Å². The Labute approximate surface area is 157 Å². The molecule has 0 unspecified atom stereocenters. The van der Waals surface area contributed by atoms with Gasteiger partial charge in [0, 0.05) is 23.0 Å². The molecule has 3 aliphatic rings. The third kappa shape index (κ3) is 3.36. The van der Waals surface area contributed by atoms with Crippen molar-refractivity contribution < 1.29 is 19.8 Å². The van der Waals surface area contributed by atoms with E-state index in [2.05, 4.69) is 11.0 Å². The smallest absolute Gasteiger partial charge is 0.353 e. The SMILES string of the molecule is C[C@@H](O)[C@H]1C(=O)N2C(C(=O)O)=C(SCCC#N)[C@H](CCN3CCCC3)[C@H]12. The summed E-state index contributed by atoms with van der Waals surface area (Å²) < 4.78 is 0. The number of carbonyl (C=O) groups is 2. The molecule has 0 aromatic rings. The first-order valence-electron chi connectivity index (χ1n) is 9.18. The Balaban J connectivity index is 1.85. The number of carboxylic acids is 1. The number of hydrogen-bond donors (Lipinski definition) is 2. The second-order valence-electron chi connectivity index (χ2n) is 7.18. The molecule has 3 aliphatic heterocycles. The number of likely N-dealkylation sites (tertiary alicyclic amines) is 1. The van der Waals surface area contributed by atoms with Gasteiger partial charge in [0.1, 0.15) is 5.70 Å². The molecule has 0 aliphatic carbocycles. The van der Waals surface area contributed by atoms with E-state index in [9.17, 15) is 19.8 Å². The lowest BCUT2D eigenvalue weighted by Gasteiger charge is -2.47. The molecule has 0 aromatic heterocycles. The van der Waals surface area contributed by atoms with Gasteiger partial charge in [0.05, 0.1) is 24.1 Å². The van der Waals surface area contributed by atoms with Crippen molar-refractivity contribution >= 4 is 23.6 Å². The summed E-state index contributed by atoms with van der Waals surface area (Å²) >= 11 is 1.38. The molecule has 7 nitrogen and oxygen atoms in total. The first-order valence-corrected chi connectivity index (χ1v) is 10.2. The van der Waals surface area contributed by atoms with Crippen molar-refractivity contribution in [2.45, 2.75) is 44.8 Å². The van der Waals surface area contributed by atoms with Gasteiger partial charge in [-0.3, -0.25) is 4.79 Å². The van der Waals surface area contributed by atoms with E-state index in [1.807, 2.05) is 0 Å². The van der Waals surface area contributed by atoms with Crippen LogP contribution in [0.4, 0.5) is 0 Å². The van der Waals surface area contributed by atoms with Crippen molar-refractivity contribution in [1.82, 2.24) is 9.80 Å². The molecule has 26 heavy (non-hydrogen) atoms. The Morgan fingerprint density at radius 3 is 2.69 bits per heavy atom. The van der Waals surface area contributed by atoms with Crippen molar-refractivity contribution in [3.8, 4) is 6.07 Å². The van der Waals surface area contributed by atoms with Crippen LogP contribution in [-0.4, -0.2) is 69.4 Å². The number of nitrogens with zero attached hydrogens (tertiary/aromatic N) is 3. The van der Waals surface area contributed by atoms with Gasteiger partial charge in [0.15, 0.2) is 0 Å². The van der Waals surface area contributed by atoms with E-state index in [1.165, 1.54) is 29.5 Å². The zero-order valence-corrected chi connectivity index (χ0v) is 15.7. The number of fused-ring (bicyclic) bond motifs is 1. The highest BCUT2D eigenvalue weighted by Crippen LogP contribution is 2.52. The molecule has 1 amide bonds. The van der Waals surface area contributed by atoms with E-state index in [1.54, 1.807) is 6.92 Å². The third-order valence-electron chi connectivity index (χ3n) is 5.56. The van der Waals surface area contributed by atoms with Gasteiger partial charge >= 0.3 is 5.97 Å². The molecule has 142 valence electrons. The number of carboxylic acid groups (broad SMARTS) is 1. The summed E-state index contributed by atoms with van der Waals surface area (Å²) in [5.74, 6) is -1.51. The molecule has 3 rings (SSSR count). The highest BCUT2D eigenvalue weighted by atomic mass is 32.2. The minimum atomic E-state index is -1.10. The maximum absolute atomic E-state index is 12.5. The van der Waals surface area contributed by atoms with Crippen LogP contribution in [0, 0.1) is 23.2 Å². The van der Waals surface area contributed by atoms with Gasteiger partial charge in [-0.1, -0.05) is 0 Å². The summed E-state index contributed by atoms with van der Waals surface area (Å²) in [4.78, 5) is 28.8. The second kappa shape index (κ2) is 7.99. The van der Waals surface area contributed by atoms with Gasteiger partial charge in [0.25, 0.3) is 0 Å². The maximum atomic E-state index is 12.5. The number of β-lactam (4-membered cyclic amide) rings is 1. The lowest BCUT2D eigenvalue weighted by Crippen LogP contribution is -2.64. The van der Waals surface area contributed by atoms with Crippen molar-refractivity contribution in [2.75, 3.05) is 25.4 Å². The molecular formula is C18H25N3O4S. The number of nitriles is 1. The second-order valence-corrected chi connectivity index (χ2v) is 8.32. The minimum absolute atomic E-state index is 0.0614. The highest BCUT2D eigenvalue weighted by molar-refractivity contribution is 8.03. The van der Waals surface area contributed by atoms with Crippen LogP contribution in [0.1, 0.15) is 32.6 Å². The fourth-order valence-electron chi connectivity index (χ4n) is 4.38. The highest BCUT2D eigenvalue weighted by Gasteiger charge is 2.60. The number of amides is 1. The monoisotopic (exact) mass is 379 g/mol. The Morgan fingerprint density at radius 2 is 2.12 bits per heavy atom. The number of aliphatic carboxylic acids is 1. The first-order chi connectivity index (χ1) is 12.5. The molecule has 2 saturated heterocycles. The molecule has 0 spiro atoms. The fourth-order valence-corrected chi connectivity index (χ4v) is 5.59. The largest absolute Gasteiger partial charge is 0.477 e. The summed E-state index contributed by atoms with van der Waals surface area (Å²) in [5, 5.41) is 28.5. The van der Waals surface area contributed by atoms with E-state index < -0.39 is 18.0 Å². The van der Waals surface area contributed by atoms with Crippen LogP contribution in [0.15, 0.2) is 10.6 Å². The standard InChI is InChI=1S/C18H25N3O4S/c1-11(22)13-14-12(5-9-20-7-2-3-8-20)16(26-10-4-6-19)15(18(24)25)21(14)17(13)23/h11-14,22H,2-5,7-10H2,1H3,(H,24,25)/t11-,12-,13-,14-/m1/s1. The van der Waals surface area contributed by atoms with Crippen LogP contribution in [0.2, 0.25) is 0 Å². The lowest BCUT2D eigenvalue weighted by molar-refractivity contribution is -0.163. The Morgan fingerprint density at radius 1 is 1.42 bits per heavy atom. The number of thioether (sulfide) groups is 1. The summed E-state index contributed by atoms with van der Waals surface area (Å²) in [7, 11) is 0. The van der Waals surface area contributed by atoms with Gasteiger partial charge in [-0.15, -0.1) is 11.8 Å². The summed E-state index contributed by atoms with van der Waals surface area (Å²) in [6.07, 6.45) is 2.68. The summed E-state index contributed by atoms with van der Waals surface area (Å²) in [6.45, 7) is 4.59. The predicted molar refractivity (Wildman–Crippen MR) is 96.9 cm³/mol. The lowest BCUT2D eigenvalue weighted by atomic mass is 9.77. The average Bonchev–Trinajstić information content (AvgIpc) is 3.18. The molecule has 2 N–H and O–H groups in total. The maximum Gasteiger partial charge on any atom is 0.353 e. The van der Waals surface area contributed by atoms with Gasteiger partial charge < -0.3 is 20.0 Å². The molecule has 2 fully saturated rings. The van der Waals surface area contributed by atoms with Crippen LogP contribution in [-0.2, 0) is 9.59 Å². The van der Waals surface area contributed by atoms with Crippen LogP contribution in [0.5, 0.6) is 0 Å². The molecule has 0 saturated carbocycles. The molecule has 3 heterocycles. The Hall–Kier alpha value is -1.56. The van der Waals surface area contributed by atoms with E-state index in [-0.39, 0.29) is 23.6 Å². The van der Waals surface area contributed by atoms with E-state index in [0.29, 0.717) is 17.1 Å². The van der Waals surface area contributed by atoms with E-state index >= 15 is 0 Å². The zero-order chi connectivity index (χ0) is 18.8. The van der Waals surface area contributed by atoms with Crippen LogP contribution >= 0.6 is 11.8 Å². The van der Waals surface area contributed by atoms with Crippen molar-refractivity contribution in [3.63, 3.8) is 0 Å². The number of rotatable bonds is 8. The predicted octanol–water partition coefficient (Wildman–Crippen LogP) is 1.25. The number of hydrogen-bond acceptors (Lipinski definition) is 6.